The fourth-order valence-electron chi connectivity index (χ4n) is 6.68. The largest absolute Gasteiger partial charge is 0.493 e. The van der Waals surface area contributed by atoms with Crippen LogP contribution in [0.25, 0.3) is 0 Å². The van der Waals surface area contributed by atoms with Crippen LogP contribution in [0.5, 0.6) is 11.5 Å². The third-order valence-corrected chi connectivity index (χ3v) is 10.2. The van der Waals surface area contributed by atoms with Crippen LogP contribution in [0.4, 0.5) is 0 Å². The van der Waals surface area contributed by atoms with Gasteiger partial charge in [-0.15, -0.1) is 0 Å². The molecular weight excluding hydrogens is 777 g/mol. The number of unbranched alkanes of at least 4 members (excludes halogenated alkanes) is 8. The highest BCUT2D eigenvalue weighted by molar-refractivity contribution is 5.98. The Bertz CT molecular complexity index is 1480. The Morgan fingerprint density at radius 2 is 1.23 bits per heavy atom. The summed E-state index contributed by atoms with van der Waals surface area (Å²) in [4.78, 5) is 42.5. The Morgan fingerprint density at radius 3 is 1.79 bits per heavy atom. The first-order valence-corrected chi connectivity index (χ1v) is 22.7. The predicted octanol–water partition coefficient (Wildman–Crippen LogP) is 4.54. The van der Waals surface area contributed by atoms with Gasteiger partial charge in [0, 0.05) is 43.4 Å². The van der Waals surface area contributed by atoms with E-state index in [-0.39, 0.29) is 29.8 Å². The average Bonchev–Trinajstić information content (AvgIpc) is 3.24. The number of nitrogens with one attached hydrogen (secondary N) is 3. The normalized spacial score (nSPS) is 16.0. The van der Waals surface area contributed by atoms with Gasteiger partial charge in [0.15, 0.2) is 0 Å². The first-order chi connectivity index (χ1) is 29.6. The number of allylic oxidation sites excluding steroid dienone is 2. The van der Waals surface area contributed by atoms with Crippen molar-refractivity contribution in [2.45, 2.75) is 122 Å². The highest BCUT2D eigenvalue weighted by Crippen LogP contribution is 2.27. The van der Waals surface area contributed by atoms with Crippen LogP contribution in [0.2, 0.25) is 0 Å². The monoisotopic (exact) mass is 857 g/mol. The van der Waals surface area contributed by atoms with Gasteiger partial charge < -0.3 is 62.7 Å². The Labute approximate surface area is 366 Å². The van der Waals surface area contributed by atoms with Gasteiger partial charge >= 0.3 is 0 Å². The third-order valence-electron chi connectivity index (χ3n) is 10.2. The lowest BCUT2D eigenvalue weighted by atomic mass is 9.91. The molecule has 1 aliphatic carbocycles. The van der Waals surface area contributed by atoms with Crippen molar-refractivity contribution >= 4 is 17.7 Å². The lowest BCUT2D eigenvalue weighted by Crippen LogP contribution is -2.43. The molecular formula is C46H80N8O7. The van der Waals surface area contributed by atoms with Crippen LogP contribution in [0.1, 0.15) is 120 Å². The van der Waals surface area contributed by atoms with Crippen molar-refractivity contribution in [2.75, 3.05) is 79.8 Å². The van der Waals surface area contributed by atoms with E-state index >= 15 is 0 Å². The zero-order chi connectivity index (χ0) is 44.5. The van der Waals surface area contributed by atoms with Gasteiger partial charge in [0.05, 0.1) is 37.6 Å². The van der Waals surface area contributed by atoms with Crippen LogP contribution < -0.4 is 48.4 Å². The number of nitrogens with two attached hydrogens (primary N) is 4. The molecule has 0 spiro atoms. The van der Waals surface area contributed by atoms with Crippen molar-refractivity contribution in [1.82, 2.24) is 20.9 Å². The van der Waals surface area contributed by atoms with E-state index in [0.29, 0.717) is 126 Å². The first kappa shape index (κ1) is 53.0. The number of carbonyl (C=O) groups excluding carboxylic acids is 3. The van der Waals surface area contributed by atoms with Gasteiger partial charge in [-0.1, -0.05) is 6.08 Å². The van der Waals surface area contributed by atoms with Gasteiger partial charge in [0.1, 0.15) is 23.0 Å². The molecule has 15 nitrogen and oxygen atoms in total. The molecule has 0 aliphatic heterocycles. The minimum atomic E-state index is -0.310. The Hall–Kier alpha value is -4.15. The van der Waals surface area contributed by atoms with Crippen molar-refractivity contribution in [2.24, 2.45) is 22.9 Å². The molecule has 1 aromatic carbocycles. The predicted molar refractivity (Wildman–Crippen MR) is 244 cm³/mol. The molecule has 0 heterocycles. The molecule has 15 heteroatoms. The Kier molecular flexibility index (Phi) is 29.1. The van der Waals surface area contributed by atoms with E-state index in [1.165, 1.54) is 6.08 Å². The molecule has 0 unspecified atom stereocenters. The first-order valence-electron chi connectivity index (χ1n) is 22.7. The quantitative estimate of drug-likeness (QED) is 0.0219. The number of benzene rings is 1. The molecule has 2 rings (SSSR count). The van der Waals surface area contributed by atoms with Gasteiger partial charge in [-0.3, -0.25) is 14.4 Å². The maximum absolute atomic E-state index is 13.6. The summed E-state index contributed by atoms with van der Waals surface area (Å²) in [6.45, 7) is 7.21. The number of hydrogen-bond donors (Lipinski definition) is 7. The fraction of sp³-hybridized carbons (Fsp3) is 0.674. The number of amides is 3. The second-order valence-electron chi connectivity index (χ2n) is 15.8. The molecule has 0 bridgehead atoms. The van der Waals surface area contributed by atoms with Crippen LogP contribution in [-0.2, 0) is 19.1 Å². The van der Waals surface area contributed by atoms with E-state index in [1.54, 1.807) is 31.2 Å². The summed E-state index contributed by atoms with van der Waals surface area (Å²) in [7, 11) is 3.89. The minimum Gasteiger partial charge on any atom is -0.493 e. The van der Waals surface area contributed by atoms with E-state index in [1.807, 2.05) is 25.1 Å². The molecule has 0 radical (unpaired) electrons. The molecule has 1 saturated carbocycles. The standard InChI is InChI=1S/C46H80N8O7/c1-4-40(45(56)51-27-28-54(2)3)42(60-31-15-7-11-25-49)34-39(59-30-14-6-10-24-48)35-44(55)52-36-17-19-37(20-18-36)53-46(57)41-22-21-38(58-29-13-5-9-23-47)33-43(41)61-32-16-8-12-26-50/h4,21-22,33-37H,5-20,23-32,47-50H2,1-3H3,(H,51,56)(H,52,55)(H,53,57)/b39-35-,40-4+,42-34+/t36-,37-. The molecule has 1 aliphatic rings. The second-order valence-corrected chi connectivity index (χ2v) is 15.8. The lowest BCUT2D eigenvalue weighted by molar-refractivity contribution is -0.118. The van der Waals surface area contributed by atoms with Crippen molar-refractivity contribution in [3.8, 4) is 11.5 Å². The summed E-state index contributed by atoms with van der Waals surface area (Å²) >= 11 is 0. The van der Waals surface area contributed by atoms with E-state index < -0.39 is 0 Å². The SMILES string of the molecule is C\C=C(C(=O)NCCN(C)C)/C(=C\C(=C\C(=O)N[C@H]1CC[C@H](NC(=O)c2ccc(OCCCCCN)cc2OCCCCCN)CC1)OCCCCCN)OCCCCCN. The van der Waals surface area contributed by atoms with Gasteiger partial charge in [0.25, 0.3) is 11.8 Å². The van der Waals surface area contributed by atoms with E-state index in [2.05, 4.69) is 16.0 Å². The molecule has 1 aromatic rings. The Balaban J connectivity index is 2.16. The van der Waals surface area contributed by atoms with Crippen LogP contribution >= 0.6 is 0 Å². The van der Waals surface area contributed by atoms with Gasteiger partial charge in [0.2, 0.25) is 5.91 Å². The molecule has 61 heavy (non-hydrogen) atoms. The summed E-state index contributed by atoms with van der Waals surface area (Å²) < 4.78 is 24.4. The highest BCUT2D eigenvalue weighted by atomic mass is 16.5. The lowest BCUT2D eigenvalue weighted by Gasteiger charge is -2.29. The molecule has 3 amide bonds. The number of carbonyl (C=O) groups is 3. The zero-order valence-corrected chi connectivity index (χ0v) is 37.6. The van der Waals surface area contributed by atoms with Crippen molar-refractivity contribution in [3.05, 3.63) is 59.1 Å². The van der Waals surface area contributed by atoms with Crippen LogP contribution in [0.3, 0.4) is 0 Å². The van der Waals surface area contributed by atoms with Gasteiger partial charge in [-0.25, -0.2) is 0 Å². The maximum Gasteiger partial charge on any atom is 0.255 e. The number of hydrogen-bond acceptors (Lipinski definition) is 12. The van der Waals surface area contributed by atoms with Gasteiger partial charge in [-0.2, -0.15) is 0 Å². The average molecular weight is 857 g/mol. The third kappa shape index (κ3) is 23.6. The fourth-order valence-corrected chi connectivity index (χ4v) is 6.68. The number of ether oxygens (including phenoxy) is 4. The van der Waals surface area contributed by atoms with Crippen molar-refractivity contribution in [1.29, 1.82) is 0 Å². The molecule has 0 atom stereocenters. The summed E-state index contributed by atoms with van der Waals surface area (Å²) in [5.74, 6) is 0.996. The minimum absolute atomic E-state index is 0.0601. The molecule has 1 fully saturated rings. The Morgan fingerprint density at radius 1 is 0.689 bits per heavy atom. The molecule has 0 aromatic heterocycles. The number of rotatable bonds is 34. The molecule has 346 valence electrons. The second kappa shape index (κ2) is 33.5. The highest BCUT2D eigenvalue weighted by Gasteiger charge is 2.25. The van der Waals surface area contributed by atoms with E-state index in [9.17, 15) is 14.4 Å². The van der Waals surface area contributed by atoms with Crippen LogP contribution in [-0.4, -0.2) is 114 Å². The number of likely N-dealkylation sites (N-methyl/N-ethyl adjacent to an activating group) is 1. The van der Waals surface area contributed by atoms with Crippen LogP contribution in [0.15, 0.2) is 53.5 Å². The van der Waals surface area contributed by atoms with E-state index in [4.69, 9.17) is 41.9 Å². The zero-order valence-electron chi connectivity index (χ0n) is 37.6. The summed E-state index contributed by atoms with van der Waals surface area (Å²) in [5.41, 5.74) is 23.5. The molecule has 11 N–H and O–H groups in total. The summed E-state index contributed by atoms with van der Waals surface area (Å²) in [6, 6.07) is 5.22. The molecule has 0 saturated heterocycles. The summed E-state index contributed by atoms with van der Waals surface area (Å²) in [6.07, 6.45) is 18.1. The van der Waals surface area contributed by atoms with Crippen molar-refractivity contribution < 1.29 is 33.3 Å². The van der Waals surface area contributed by atoms with Crippen LogP contribution in [0, 0.1) is 0 Å². The maximum atomic E-state index is 13.6. The van der Waals surface area contributed by atoms with Gasteiger partial charge in [-0.05, 0) is 162 Å². The summed E-state index contributed by atoms with van der Waals surface area (Å²) in [5, 5.41) is 9.30. The smallest absolute Gasteiger partial charge is 0.255 e. The number of nitrogens with zero attached hydrogens (tertiary/aromatic N) is 1. The topological polar surface area (TPSA) is 232 Å². The van der Waals surface area contributed by atoms with Crippen molar-refractivity contribution in [3.63, 3.8) is 0 Å². The van der Waals surface area contributed by atoms with E-state index in [0.717, 1.165) is 77.0 Å².